The lowest BCUT2D eigenvalue weighted by molar-refractivity contribution is 0.101. The normalized spacial score (nSPS) is 10.7. The van der Waals surface area contributed by atoms with Gasteiger partial charge in [0.15, 0.2) is 5.82 Å². The molecule has 7 heteroatoms. The van der Waals surface area contributed by atoms with Crippen LogP contribution in [0.25, 0.3) is 0 Å². The molecule has 0 atom stereocenters. The average molecular weight is 262 g/mol. The fraction of sp³-hybridized carbons (Fsp3) is 0.417. The summed E-state index contributed by atoms with van der Waals surface area (Å²) in [6.45, 7) is 8.06. The van der Waals surface area contributed by atoms with Crippen LogP contribution in [0.5, 0.6) is 0 Å². The molecule has 4 N–H and O–H groups in total. The molecule has 2 aromatic heterocycles. The number of carbonyl (C=O) groups excluding carboxylic acids is 1. The lowest BCUT2D eigenvalue weighted by Gasteiger charge is -2.06. The molecule has 0 saturated carbocycles. The number of nitrogens with two attached hydrogens (primary N) is 1. The third-order valence-corrected chi connectivity index (χ3v) is 3.17. The minimum Gasteiger partial charge on any atom is -0.395 e. The van der Waals surface area contributed by atoms with Gasteiger partial charge in [0, 0.05) is 17.8 Å². The van der Waals surface area contributed by atoms with Crippen LogP contribution in [0.3, 0.4) is 0 Å². The molecule has 1 amide bonds. The first-order chi connectivity index (χ1) is 8.95. The number of hydrogen-bond donors (Lipinski definition) is 3. The molecule has 0 aromatic carbocycles. The van der Waals surface area contributed by atoms with Crippen LogP contribution in [0.15, 0.2) is 0 Å². The van der Waals surface area contributed by atoms with Gasteiger partial charge in [-0.05, 0) is 27.7 Å². The molecule has 0 radical (unpaired) electrons. The smallest absolute Gasteiger partial charge is 0.277 e. The number of aromatic amines is 1. The zero-order valence-corrected chi connectivity index (χ0v) is 11.5. The van der Waals surface area contributed by atoms with Crippen molar-refractivity contribution < 1.29 is 4.79 Å². The molecule has 0 unspecified atom stereocenters. The number of nitrogen functional groups attached to an aromatic ring is 1. The quantitative estimate of drug-likeness (QED) is 0.777. The van der Waals surface area contributed by atoms with Crippen LogP contribution in [-0.2, 0) is 6.54 Å². The van der Waals surface area contributed by atoms with Crippen LogP contribution in [0, 0.1) is 20.8 Å². The highest BCUT2D eigenvalue weighted by Crippen LogP contribution is 2.19. The number of nitrogens with one attached hydrogen (secondary N) is 2. The van der Waals surface area contributed by atoms with Gasteiger partial charge in [-0.15, -0.1) is 0 Å². The number of anilines is 2. The van der Waals surface area contributed by atoms with Crippen LogP contribution >= 0.6 is 0 Å². The van der Waals surface area contributed by atoms with Gasteiger partial charge in [0.1, 0.15) is 5.69 Å². The molecule has 2 aromatic rings. The Morgan fingerprint density at radius 3 is 2.63 bits per heavy atom. The van der Waals surface area contributed by atoms with Crippen LogP contribution in [0.1, 0.15) is 34.4 Å². The first-order valence-electron chi connectivity index (χ1n) is 6.11. The number of aryl methyl sites for hydroxylation is 3. The summed E-state index contributed by atoms with van der Waals surface area (Å²) in [6.07, 6.45) is 0. The molecule has 2 heterocycles. The minimum atomic E-state index is -0.297. The fourth-order valence-electron chi connectivity index (χ4n) is 1.84. The molecule has 0 bridgehead atoms. The van der Waals surface area contributed by atoms with E-state index in [0.717, 1.165) is 11.3 Å². The second-order valence-electron chi connectivity index (χ2n) is 4.44. The summed E-state index contributed by atoms with van der Waals surface area (Å²) < 4.78 is 1.59. The number of rotatable bonds is 3. The first-order valence-corrected chi connectivity index (χ1v) is 6.11. The molecule has 0 fully saturated rings. The van der Waals surface area contributed by atoms with Crippen molar-refractivity contribution in [2.75, 3.05) is 11.1 Å². The summed E-state index contributed by atoms with van der Waals surface area (Å²) in [5.41, 5.74) is 9.17. The molecule has 102 valence electrons. The highest BCUT2D eigenvalue weighted by molar-refractivity contribution is 6.06. The van der Waals surface area contributed by atoms with Gasteiger partial charge in [0.25, 0.3) is 5.91 Å². The topological polar surface area (TPSA) is 102 Å². The molecule has 0 aliphatic carbocycles. The monoisotopic (exact) mass is 262 g/mol. The van der Waals surface area contributed by atoms with Gasteiger partial charge in [-0.1, -0.05) is 0 Å². The van der Waals surface area contributed by atoms with Crippen molar-refractivity contribution in [3.8, 4) is 0 Å². The second kappa shape index (κ2) is 4.75. The SMILES string of the molecule is CCn1nc(C)c(N)c1C(=O)Nc1n[nH]c(C)c1C. The van der Waals surface area contributed by atoms with Gasteiger partial charge in [-0.3, -0.25) is 14.6 Å². The predicted molar refractivity (Wildman–Crippen MR) is 73.1 cm³/mol. The Morgan fingerprint density at radius 2 is 2.11 bits per heavy atom. The van der Waals surface area contributed by atoms with Crippen LogP contribution < -0.4 is 11.1 Å². The maximum absolute atomic E-state index is 12.3. The molecular weight excluding hydrogens is 244 g/mol. The average Bonchev–Trinajstić information content (AvgIpc) is 2.84. The molecule has 2 rings (SSSR count). The largest absolute Gasteiger partial charge is 0.395 e. The van der Waals surface area contributed by atoms with E-state index >= 15 is 0 Å². The number of hydrogen-bond acceptors (Lipinski definition) is 4. The molecular formula is C12H18N6O. The Bertz CT molecular complexity index is 624. The molecule has 0 aliphatic heterocycles. The van der Waals surface area contributed by atoms with E-state index in [1.807, 2.05) is 20.8 Å². The van der Waals surface area contributed by atoms with E-state index in [0.29, 0.717) is 29.4 Å². The number of aromatic nitrogens is 4. The fourth-order valence-corrected chi connectivity index (χ4v) is 1.84. The van der Waals surface area contributed by atoms with Gasteiger partial charge in [0.2, 0.25) is 0 Å². The van der Waals surface area contributed by atoms with E-state index in [9.17, 15) is 4.79 Å². The summed E-state index contributed by atoms with van der Waals surface area (Å²) in [4.78, 5) is 12.3. The lowest BCUT2D eigenvalue weighted by atomic mass is 10.2. The van der Waals surface area contributed by atoms with Crippen molar-refractivity contribution in [1.82, 2.24) is 20.0 Å². The van der Waals surface area contributed by atoms with Gasteiger partial charge >= 0.3 is 0 Å². The van der Waals surface area contributed by atoms with E-state index in [1.165, 1.54) is 0 Å². The van der Waals surface area contributed by atoms with Crippen molar-refractivity contribution in [1.29, 1.82) is 0 Å². The van der Waals surface area contributed by atoms with Crippen molar-refractivity contribution in [3.63, 3.8) is 0 Å². The van der Waals surface area contributed by atoms with Gasteiger partial charge in [-0.2, -0.15) is 10.2 Å². The first kappa shape index (κ1) is 13.1. The predicted octanol–water partition coefficient (Wildman–Crippen LogP) is 1.39. The maximum atomic E-state index is 12.3. The Kier molecular flexibility index (Phi) is 3.28. The number of amides is 1. The molecule has 0 aliphatic rings. The summed E-state index contributed by atoms with van der Waals surface area (Å²) in [7, 11) is 0. The summed E-state index contributed by atoms with van der Waals surface area (Å²) in [6, 6.07) is 0. The van der Waals surface area contributed by atoms with Gasteiger partial charge < -0.3 is 11.1 Å². The van der Waals surface area contributed by atoms with Gasteiger partial charge in [0.05, 0.1) is 11.4 Å². The number of carbonyl (C=O) groups is 1. The Hall–Kier alpha value is -2.31. The molecule has 19 heavy (non-hydrogen) atoms. The zero-order chi connectivity index (χ0) is 14.2. The minimum absolute atomic E-state index is 0.297. The number of H-pyrrole nitrogens is 1. The van der Waals surface area contributed by atoms with E-state index in [1.54, 1.807) is 11.6 Å². The Balaban J connectivity index is 2.33. The van der Waals surface area contributed by atoms with E-state index in [-0.39, 0.29) is 5.91 Å². The van der Waals surface area contributed by atoms with E-state index in [2.05, 4.69) is 20.6 Å². The zero-order valence-electron chi connectivity index (χ0n) is 11.5. The summed E-state index contributed by atoms with van der Waals surface area (Å²) >= 11 is 0. The third kappa shape index (κ3) is 2.18. The molecule has 0 saturated heterocycles. The van der Waals surface area contributed by atoms with Crippen molar-refractivity contribution in [3.05, 3.63) is 22.6 Å². The van der Waals surface area contributed by atoms with Crippen LogP contribution in [-0.4, -0.2) is 25.9 Å². The van der Waals surface area contributed by atoms with Crippen LogP contribution in [0.2, 0.25) is 0 Å². The molecule has 0 spiro atoms. The standard InChI is InChI=1S/C12H18N6O/c1-5-18-10(9(13)8(4)17-18)12(19)14-11-6(2)7(3)15-16-11/h5,13H2,1-4H3,(H2,14,15,16,19). The highest BCUT2D eigenvalue weighted by atomic mass is 16.2. The van der Waals surface area contributed by atoms with Crippen LogP contribution in [0.4, 0.5) is 11.5 Å². The summed E-state index contributed by atoms with van der Waals surface area (Å²) in [5, 5.41) is 13.8. The second-order valence-corrected chi connectivity index (χ2v) is 4.44. The van der Waals surface area contributed by atoms with Crippen molar-refractivity contribution in [2.24, 2.45) is 0 Å². The Labute approximate surface area is 111 Å². The highest BCUT2D eigenvalue weighted by Gasteiger charge is 2.20. The van der Waals surface area contributed by atoms with E-state index in [4.69, 9.17) is 5.73 Å². The third-order valence-electron chi connectivity index (χ3n) is 3.17. The Morgan fingerprint density at radius 1 is 1.42 bits per heavy atom. The number of nitrogens with zero attached hydrogens (tertiary/aromatic N) is 3. The maximum Gasteiger partial charge on any atom is 0.277 e. The molecule has 7 nitrogen and oxygen atoms in total. The van der Waals surface area contributed by atoms with Gasteiger partial charge in [-0.25, -0.2) is 0 Å². The van der Waals surface area contributed by atoms with E-state index < -0.39 is 0 Å². The van der Waals surface area contributed by atoms with Crippen molar-refractivity contribution >= 4 is 17.4 Å². The summed E-state index contributed by atoms with van der Waals surface area (Å²) in [5.74, 6) is 0.220. The van der Waals surface area contributed by atoms with Crippen molar-refractivity contribution in [2.45, 2.75) is 34.2 Å². The lowest BCUT2D eigenvalue weighted by Crippen LogP contribution is -2.19.